The SMILES string of the molecule is CC(C)(CC(=O)O)CC(=O)NC(=O)Nc1ccon1. The van der Waals surface area contributed by atoms with Crippen LogP contribution in [0.4, 0.5) is 10.6 Å². The molecule has 0 aromatic carbocycles. The molecule has 0 aliphatic heterocycles. The van der Waals surface area contributed by atoms with E-state index in [1.54, 1.807) is 13.8 Å². The van der Waals surface area contributed by atoms with Gasteiger partial charge >= 0.3 is 12.0 Å². The van der Waals surface area contributed by atoms with E-state index in [0.29, 0.717) is 0 Å². The summed E-state index contributed by atoms with van der Waals surface area (Å²) in [5, 5.41) is 16.5. The largest absolute Gasteiger partial charge is 0.481 e. The van der Waals surface area contributed by atoms with E-state index in [9.17, 15) is 14.4 Å². The maximum atomic E-state index is 11.6. The molecule has 19 heavy (non-hydrogen) atoms. The summed E-state index contributed by atoms with van der Waals surface area (Å²) in [6, 6.07) is 0.670. The van der Waals surface area contributed by atoms with Crippen LogP contribution in [-0.4, -0.2) is 28.2 Å². The van der Waals surface area contributed by atoms with Crippen molar-refractivity contribution in [2.75, 3.05) is 5.32 Å². The van der Waals surface area contributed by atoms with E-state index in [1.807, 2.05) is 0 Å². The molecule has 3 N–H and O–H groups in total. The third-order valence-electron chi connectivity index (χ3n) is 2.20. The zero-order valence-electron chi connectivity index (χ0n) is 10.6. The van der Waals surface area contributed by atoms with Crippen LogP contribution in [0.15, 0.2) is 16.9 Å². The minimum Gasteiger partial charge on any atom is -0.481 e. The number of nitrogens with zero attached hydrogens (tertiary/aromatic N) is 1. The third-order valence-corrected chi connectivity index (χ3v) is 2.20. The van der Waals surface area contributed by atoms with Gasteiger partial charge in [0, 0.05) is 12.5 Å². The van der Waals surface area contributed by atoms with Gasteiger partial charge in [-0.15, -0.1) is 0 Å². The van der Waals surface area contributed by atoms with Gasteiger partial charge in [0.2, 0.25) is 5.91 Å². The summed E-state index contributed by atoms with van der Waals surface area (Å²) in [4.78, 5) is 33.6. The highest BCUT2D eigenvalue weighted by Gasteiger charge is 2.26. The molecule has 0 fully saturated rings. The van der Waals surface area contributed by atoms with Gasteiger partial charge < -0.3 is 9.63 Å². The molecule has 0 spiro atoms. The Balaban J connectivity index is 2.42. The molecule has 8 heteroatoms. The highest BCUT2D eigenvalue weighted by molar-refractivity contribution is 6.00. The summed E-state index contributed by atoms with van der Waals surface area (Å²) < 4.78 is 4.50. The van der Waals surface area contributed by atoms with Gasteiger partial charge in [0.25, 0.3) is 0 Å². The summed E-state index contributed by atoms with van der Waals surface area (Å²) in [6.45, 7) is 3.27. The fourth-order valence-electron chi connectivity index (χ4n) is 1.50. The number of carbonyl (C=O) groups excluding carboxylic acids is 2. The minimum atomic E-state index is -0.996. The predicted molar refractivity (Wildman–Crippen MR) is 64.3 cm³/mol. The van der Waals surface area contributed by atoms with Gasteiger partial charge in [-0.25, -0.2) is 4.79 Å². The molecule has 0 bridgehead atoms. The summed E-state index contributed by atoms with van der Waals surface area (Å²) in [6.07, 6.45) is 1.03. The summed E-state index contributed by atoms with van der Waals surface area (Å²) in [5.74, 6) is -1.38. The molecule has 0 unspecified atom stereocenters. The molecule has 0 aliphatic carbocycles. The smallest absolute Gasteiger partial charge is 0.327 e. The number of carboxylic acid groups (broad SMARTS) is 1. The Hall–Kier alpha value is -2.38. The van der Waals surface area contributed by atoms with E-state index in [0.717, 1.165) is 0 Å². The molecule has 3 amide bonds. The maximum absolute atomic E-state index is 11.6. The first-order chi connectivity index (χ1) is 8.78. The van der Waals surface area contributed by atoms with Gasteiger partial charge in [-0.3, -0.25) is 20.2 Å². The van der Waals surface area contributed by atoms with Crippen LogP contribution in [0.2, 0.25) is 0 Å². The monoisotopic (exact) mass is 269 g/mol. The number of anilines is 1. The van der Waals surface area contributed by atoms with Crippen LogP contribution in [0, 0.1) is 5.41 Å². The molecule has 0 aliphatic rings. The molecule has 1 rings (SSSR count). The van der Waals surface area contributed by atoms with Gasteiger partial charge in [-0.1, -0.05) is 19.0 Å². The molecule has 1 aromatic heterocycles. The number of nitrogens with one attached hydrogen (secondary N) is 2. The second kappa shape index (κ2) is 5.98. The molecule has 1 heterocycles. The van der Waals surface area contributed by atoms with Crippen molar-refractivity contribution in [3.05, 3.63) is 12.3 Å². The Morgan fingerprint density at radius 3 is 2.58 bits per heavy atom. The fourth-order valence-corrected chi connectivity index (χ4v) is 1.50. The number of aromatic nitrogens is 1. The van der Waals surface area contributed by atoms with Crippen LogP contribution in [0.3, 0.4) is 0 Å². The number of hydrogen-bond donors (Lipinski definition) is 3. The van der Waals surface area contributed by atoms with E-state index in [1.165, 1.54) is 12.3 Å². The first-order valence-corrected chi connectivity index (χ1v) is 5.51. The first-order valence-electron chi connectivity index (χ1n) is 5.51. The lowest BCUT2D eigenvalue weighted by atomic mass is 9.85. The third kappa shape index (κ3) is 5.66. The Kier molecular flexibility index (Phi) is 4.62. The highest BCUT2D eigenvalue weighted by atomic mass is 16.5. The minimum absolute atomic E-state index is 0.0778. The Labute approximate surface area is 109 Å². The number of aliphatic carboxylic acids is 1. The molecular formula is C11H15N3O5. The first kappa shape index (κ1) is 14.7. The number of carboxylic acids is 1. The van der Waals surface area contributed by atoms with Gasteiger partial charge in [0.05, 0.1) is 6.42 Å². The van der Waals surface area contributed by atoms with Gasteiger partial charge in [0.1, 0.15) is 6.26 Å². The Morgan fingerprint density at radius 1 is 1.37 bits per heavy atom. The number of urea groups is 1. The summed E-state index contributed by atoms with van der Waals surface area (Å²) in [7, 11) is 0. The van der Waals surface area contributed by atoms with E-state index in [2.05, 4.69) is 20.3 Å². The van der Waals surface area contributed by atoms with Gasteiger partial charge in [-0.05, 0) is 5.41 Å². The maximum Gasteiger partial charge on any atom is 0.327 e. The molecule has 8 nitrogen and oxygen atoms in total. The lowest BCUT2D eigenvalue weighted by Crippen LogP contribution is -2.37. The van der Waals surface area contributed by atoms with Crippen molar-refractivity contribution in [2.45, 2.75) is 26.7 Å². The van der Waals surface area contributed by atoms with Crippen LogP contribution < -0.4 is 10.6 Å². The predicted octanol–water partition coefficient (Wildman–Crippen LogP) is 1.21. The summed E-state index contributed by atoms with van der Waals surface area (Å²) >= 11 is 0. The Bertz CT molecular complexity index is 467. The van der Waals surface area contributed by atoms with Crippen LogP contribution in [-0.2, 0) is 9.59 Å². The number of hydrogen-bond acceptors (Lipinski definition) is 5. The molecule has 1 aromatic rings. The van der Waals surface area contributed by atoms with Crippen molar-refractivity contribution in [3.63, 3.8) is 0 Å². The van der Waals surface area contributed by atoms with Crippen LogP contribution in [0.5, 0.6) is 0 Å². The van der Waals surface area contributed by atoms with Crippen molar-refractivity contribution >= 4 is 23.7 Å². The lowest BCUT2D eigenvalue weighted by molar-refractivity contribution is -0.139. The standard InChI is InChI=1S/C11H15N3O5/c1-11(2,6-9(16)17)5-8(15)13-10(18)12-7-3-4-19-14-7/h3-4H,5-6H2,1-2H3,(H,16,17)(H2,12,13,14,15,18). The number of amides is 3. The zero-order chi connectivity index (χ0) is 14.5. The highest BCUT2D eigenvalue weighted by Crippen LogP contribution is 2.24. The van der Waals surface area contributed by atoms with Crippen molar-refractivity contribution in [3.8, 4) is 0 Å². The topological polar surface area (TPSA) is 122 Å². The van der Waals surface area contributed by atoms with Crippen LogP contribution in [0.1, 0.15) is 26.7 Å². The number of carbonyl (C=O) groups is 3. The van der Waals surface area contributed by atoms with Gasteiger partial charge in [-0.2, -0.15) is 0 Å². The second-order valence-electron chi connectivity index (χ2n) is 4.80. The molecule has 0 saturated heterocycles. The second-order valence-corrected chi connectivity index (χ2v) is 4.80. The van der Waals surface area contributed by atoms with Crippen molar-refractivity contribution in [1.82, 2.24) is 10.5 Å². The van der Waals surface area contributed by atoms with E-state index in [-0.39, 0.29) is 18.7 Å². The molecule has 0 radical (unpaired) electrons. The van der Waals surface area contributed by atoms with Crippen LogP contribution in [0.25, 0.3) is 0 Å². The summed E-state index contributed by atoms with van der Waals surface area (Å²) in [5.41, 5.74) is -0.732. The number of imide groups is 1. The van der Waals surface area contributed by atoms with Crippen molar-refractivity contribution in [2.24, 2.45) is 5.41 Å². The lowest BCUT2D eigenvalue weighted by Gasteiger charge is -2.21. The fraction of sp³-hybridized carbons (Fsp3) is 0.455. The van der Waals surface area contributed by atoms with Crippen molar-refractivity contribution < 1.29 is 24.0 Å². The zero-order valence-corrected chi connectivity index (χ0v) is 10.6. The molecular weight excluding hydrogens is 254 g/mol. The average Bonchev–Trinajstić information content (AvgIpc) is 2.65. The average molecular weight is 269 g/mol. The molecule has 0 saturated carbocycles. The van der Waals surface area contributed by atoms with E-state index >= 15 is 0 Å². The van der Waals surface area contributed by atoms with E-state index in [4.69, 9.17) is 5.11 Å². The molecule has 104 valence electrons. The van der Waals surface area contributed by atoms with Crippen molar-refractivity contribution in [1.29, 1.82) is 0 Å². The van der Waals surface area contributed by atoms with Crippen LogP contribution >= 0.6 is 0 Å². The number of rotatable bonds is 5. The quantitative estimate of drug-likeness (QED) is 0.738. The normalized spacial score (nSPS) is 10.8. The Morgan fingerprint density at radius 2 is 2.05 bits per heavy atom. The molecule has 0 atom stereocenters. The van der Waals surface area contributed by atoms with Gasteiger partial charge in [0.15, 0.2) is 5.82 Å². The van der Waals surface area contributed by atoms with E-state index < -0.39 is 23.3 Å².